The number of hydrogen-bond acceptors (Lipinski definition) is 5. The molecule has 5 aliphatic rings. The van der Waals surface area contributed by atoms with E-state index in [-0.39, 0.29) is 29.8 Å². The van der Waals surface area contributed by atoms with Crippen LogP contribution in [0.15, 0.2) is 11.6 Å². The van der Waals surface area contributed by atoms with Crippen LogP contribution in [-0.4, -0.2) is 51.8 Å². The van der Waals surface area contributed by atoms with Gasteiger partial charge in [0.25, 0.3) is 0 Å². The number of hydrogen-bond donors (Lipinski definition) is 1. The van der Waals surface area contributed by atoms with Crippen LogP contribution in [0.4, 0.5) is 4.39 Å². The molecule has 0 aromatic carbocycles. The molecule has 0 aromatic heterocycles. The van der Waals surface area contributed by atoms with E-state index in [0.717, 1.165) is 5.57 Å². The number of alkyl halides is 2. The highest BCUT2D eigenvalue weighted by molar-refractivity contribution is 6.29. The van der Waals surface area contributed by atoms with E-state index in [9.17, 15) is 14.7 Å². The minimum absolute atomic E-state index is 0.0377. The summed E-state index contributed by atoms with van der Waals surface area (Å²) < 4.78 is 29.7. The molecule has 1 heterocycles. The van der Waals surface area contributed by atoms with E-state index in [1.165, 1.54) is 0 Å². The van der Waals surface area contributed by atoms with Crippen molar-refractivity contribution >= 4 is 23.2 Å². The van der Waals surface area contributed by atoms with Gasteiger partial charge in [0, 0.05) is 23.2 Å². The fraction of sp³-hybridized carbons (Fsp3) is 0.833. The van der Waals surface area contributed by atoms with Gasteiger partial charge in [-0.15, -0.1) is 11.6 Å². The number of ketones is 2. The van der Waals surface area contributed by atoms with Gasteiger partial charge < -0.3 is 14.6 Å². The molecule has 172 valence electrons. The second-order valence-electron chi connectivity index (χ2n) is 11.3. The molecule has 5 rings (SSSR count). The molecule has 4 aliphatic carbocycles. The topological polar surface area (TPSA) is 72.8 Å². The zero-order valence-electron chi connectivity index (χ0n) is 18.7. The summed E-state index contributed by atoms with van der Waals surface area (Å²) in [5.41, 5.74) is -4.00. The number of carbonyl (C=O) groups is 2. The van der Waals surface area contributed by atoms with Gasteiger partial charge in [-0.1, -0.05) is 19.4 Å². The van der Waals surface area contributed by atoms with Crippen molar-refractivity contribution in [3.63, 3.8) is 0 Å². The van der Waals surface area contributed by atoms with Crippen LogP contribution in [0.1, 0.15) is 66.2 Å². The average Bonchev–Trinajstić information content (AvgIpc) is 3.09. The molecule has 8 atom stereocenters. The summed E-state index contributed by atoms with van der Waals surface area (Å²) in [4.78, 5) is 25.3. The first-order valence-electron chi connectivity index (χ1n) is 11.4. The third-order valence-corrected chi connectivity index (χ3v) is 9.81. The van der Waals surface area contributed by atoms with Gasteiger partial charge in [-0.3, -0.25) is 9.59 Å². The van der Waals surface area contributed by atoms with Crippen molar-refractivity contribution in [2.45, 2.75) is 95.5 Å². The third-order valence-electron chi connectivity index (χ3n) is 9.57. The predicted molar refractivity (Wildman–Crippen MR) is 112 cm³/mol. The van der Waals surface area contributed by atoms with E-state index >= 15 is 4.39 Å². The lowest BCUT2D eigenvalue weighted by atomic mass is 9.44. The van der Waals surface area contributed by atoms with Gasteiger partial charge in [-0.2, -0.15) is 0 Å². The molecule has 0 bridgehead atoms. The largest absolute Gasteiger partial charge is 0.390 e. The molecular weight excluding hydrogens is 423 g/mol. The monoisotopic (exact) mass is 454 g/mol. The number of fused-ring (bicyclic) bond motifs is 7. The molecule has 1 N–H and O–H groups in total. The summed E-state index contributed by atoms with van der Waals surface area (Å²) in [6, 6.07) is 0. The van der Waals surface area contributed by atoms with E-state index in [1.54, 1.807) is 19.9 Å². The van der Waals surface area contributed by atoms with Crippen molar-refractivity contribution in [2.75, 3.05) is 5.88 Å². The maximum absolute atomic E-state index is 17.2. The summed E-state index contributed by atoms with van der Waals surface area (Å²) in [7, 11) is 0. The molecule has 7 heteroatoms. The van der Waals surface area contributed by atoms with Gasteiger partial charge in [-0.25, -0.2) is 4.39 Å². The predicted octanol–water partition coefficient (Wildman–Crippen LogP) is 3.89. The molecule has 0 radical (unpaired) electrons. The molecule has 0 aromatic rings. The number of aliphatic hydroxyl groups is 1. The maximum Gasteiger partial charge on any atom is 0.182 e. The smallest absolute Gasteiger partial charge is 0.182 e. The van der Waals surface area contributed by atoms with E-state index < -0.39 is 46.0 Å². The second-order valence-corrected chi connectivity index (χ2v) is 11.5. The van der Waals surface area contributed by atoms with Crippen molar-refractivity contribution in [1.82, 2.24) is 0 Å². The highest BCUT2D eigenvalue weighted by atomic mass is 35.5. The Morgan fingerprint density at radius 3 is 2.65 bits per heavy atom. The van der Waals surface area contributed by atoms with Crippen LogP contribution in [0.25, 0.3) is 0 Å². The van der Waals surface area contributed by atoms with Gasteiger partial charge in [0.05, 0.1) is 18.1 Å². The van der Waals surface area contributed by atoms with Crippen molar-refractivity contribution < 1.29 is 28.6 Å². The Balaban J connectivity index is 1.63. The number of allylic oxidation sites excluding steroid dienone is 1. The number of carbonyl (C=O) groups excluding carboxylic acids is 2. The van der Waals surface area contributed by atoms with Crippen LogP contribution in [0.2, 0.25) is 0 Å². The van der Waals surface area contributed by atoms with Gasteiger partial charge in [0.1, 0.15) is 5.67 Å². The van der Waals surface area contributed by atoms with Crippen molar-refractivity contribution in [2.24, 2.45) is 22.7 Å². The molecule has 4 fully saturated rings. The van der Waals surface area contributed by atoms with E-state index in [4.69, 9.17) is 21.1 Å². The molecule has 1 unspecified atom stereocenters. The molecule has 3 saturated carbocycles. The summed E-state index contributed by atoms with van der Waals surface area (Å²) in [5, 5.41) is 11.4. The molecule has 0 amide bonds. The number of ether oxygens (including phenoxy) is 2. The molecule has 5 nitrogen and oxygen atoms in total. The third kappa shape index (κ3) is 2.43. The lowest BCUT2D eigenvalue weighted by Crippen LogP contribution is -2.70. The lowest BCUT2D eigenvalue weighted by molar-refractivity contribution is -0.250. The Morgan fingerprint density at radius 1 is 1.26 bits per heavy atom. The van der Waals surface area contributed by atoms with Gasteiger partial charge >= 0.3 is 0 Å². The molecule has 1 saturated heterocycles. The molecule has 0 spiro atoms. The fourth-order valence-electron chi connectivity index (χ4n) is 8.27. The number of halogens is 2. The van der Waals surface area contributed by atoms with Gasteiger partial charge in [0.2, 0.25) is 0 Å². The maximum atomic E-state index is 17.2. The van der Waals surface area contributed by atoms with Crippen LogP contribution < -0.4 is 0 Å². The minimum atomic E-state index is -1.86. The SMILES string of the molecule is CC1(C)OC2C[C@H]3[C@@H]4CCC5=CC(=O)CC[C@]5(C)[C@@]4(F)[C@@H](O)C[C@]3(C)[C@]2(C(=O)CCl)O1. The highest BCUT2D eigenvalue weighted by Crippen LogP contribution is 2.72. The number of Topliss-reactive ketones (excluding diaryl/α,β-unsaturated/α-hetero) is 1. The summed E-state index contributed by atoms with van der Waals surface area (Å²) in [6.45, 7) is 7.38. The minimum Gasteiger partial charge on any atom is -0.390 e. The van der Waals surface area contributed by atoms with Crippen LogP contribution in [0.3, 0.4) is 0 Å². The first-order valence-corrected chi connectivity index (χ1v) is 12.0. The van der Waals surface area contributed by atoms with Gasteiger partial charge in [-0.05, 0) is 57.9 Å². The standard InChI is InChI=1S/C24H32ClFO5/c1-20(2)30-19-10-16-15-6-5-13-9-14(27)7-8-21(13,3)23(15,26)17(28)11-22(16,4)24(19,31-20)18(29)12-25/h9,15-17,19,28H,5-8,10-12H2,1-4H3/t15-,16-,17-,19?,21-,22-,23-,24+/m0/s1. The van der Waals surface area contributed by atoms with E-state index in [0.29, 0.717) is 32.1 Å². The lowest BCUT2D eigenvalue weighted by Gasteiger charge is -2.63. The molecule has 1 aliphatic heterocycles. The van der Waals surface area contributed by atoms with Crippen LogP contribution in [-0.2, 0) is 19.1 Å². The first kappa shape index (κ1) is 22.0. The summed E-state index contributed by atoms with van der Waals surface area (Å²) in [6.07, 6.45) is 2.28. The van der Waals surface area contributed by atoms with Crippen molar-refractivity contribution in [3.8, 4) is 0 Å². The van der Waals surface area contributed by atoms with Crippen LogP contribution in [0.5, 0.6) is 0 Å². The fourth-order valence-corrected chi connectivity index (χ4v) is 8.47. The molecule has 31 heavy (non-hydrogen) atoms. The van der Waals surface area contributed by atoms with Crippen molar-refractivity contribution in [3.05, 3.63) is 11.6 Å². The van der Waals surface area contributed by atoms with E-state index in [2.05, 4.69) is 0 Å². The zero-order chi connectivity index (χ0) is 22.6. The normalized spacial score (nSPS) is 52.6. The first-order chi connectivity index (χ1) is 14.4. The Bertz CT molecular complexity index is 887. The molecular formula is C24H32ClFO5. The Morgan fingerprint density at radius 2 is 1.97 bits per heavy atom. The Hall–Kier alpha value is -0.820. The average molecular weight is 455 g/mol. The van der Waals surface area contributed by atoms with Gasteiger partial charge in [0.15, 0.2) is 23.0 Å². The second kappa shape index (κ2) is 6.40. The van der Waals surface area contributed by atoms with E-state index in [1.807, 2.05) is 13.8 Å². The highest BCUT2D eigenvalue weighted by Gasteiger charge is 2.80. The van der Waals surface area contributed by atoms with Crippen LogP contribution in [0, 0.1) is 22.7 Å². The summed E-state index contributed by atoms with van der Waals surface area (Å²) in [5.74, 6) is -2.02. The Kier molecular flexibility index (Phi) is 4.54. The Labute approximate surface area is 187 Å². The van der Waals surface area contributed by atoms with Crippen molar-refractivity contribution in [1.29, 1.82) is 0 Å². The number of aliphatic hydroxyl groups excluding tert-OH is 1. The number of rotatable bonds is 2. The zero-order valence-corrected chi connectivity index (χ0v) is 19.4. The quantitative estimate of drug-likeness (QED) is 0.641. The summed E-state index contributed by atoms with van der Waals surface area (Å²) >= 11 is 6.05. The van der Waals surface area contributed by atoms with Crippen LogP contribution >= 0.6 is 11.6 Å².